The Balaban J connectivity index is 2.62. The van der Waals surface area contributed by atoms with Gasteiger partial charge >= 0.3 is 5.97 Å². The molecule has 0 aliphatic rings. The molecule has 0 saturated carbocycles. The molecule has 2 rings (SSSR count). The van der Waals surface area contributed by atoms with E-state index in [9.17, 15) is 9.90 Å². The number of carboxylic acids is 1. The van der Waals surface area contributed by atoms with E-state index in [1.165, 1.54) is 0 Å². The van der Waals surface area contributed by atoms with E-state index >= 15 is 0 Å². The highest BCUT2D eigenvalue weighted by molar-refractivity contribution is 6.31. The number of hydrogen-bond donors (Lipinski definition) is 1. The van der Waals surface area contributed by atoms with E-state index in [2.05, 4.69) is 0 Å². The lowest BCUT2D eigenvalue weighted by Gasteiger charge is -2.16. The van der Waals surface area contributed by atoms with Gasteiger partial charge < -0.3 is 9.67 Å². The molecule has 0 saturated heterocycles. The molecule has 0 fully saturated rings. The maximum Gasteiger partial charge on any atom is 0.352 e. The number of halogens is 1. The second kappa shape index (κ2) is 5.10. The van der Waals surface area contributed by atoms with E-state index < -0.39 is 5.97 Å². The first-order chi connectivity index (χ1) is 8.91. The third-order valence-electron chi connectivity index (χ3n) is 3.12. The van der Waals surface area contributed by atoms with Crippen molar-refractivity contribution in [2.45, 2.75) is 26.8 Å². The highest BCUT2D eigenvalue weighted by Crippen LogP contribution is 2.29. The Morgan fingerprint density at radius 1 is 1.26 bits per heavy atom. The van der Waals surface area contributed by atoms with Gasteiger partial charge in [-0.25, -0.2) is 4.79 Å². The molecular weight excluding hydrogens is 262 g/mol. The molecule has 4 heteroatoms. The van der Waals surface area contributed by atoms with Crippen molar-refractivity contribution in [3.63, 3.8) is 0 Å². The SMILES string of the molecule is Cc1ccc(-c2ccc(C(=O)O)n2C(C)C)cc1Cl. The molecule has 0 radical (unpaired) electrons. The second-order valence-corrected chi connectivity index (χ2v) is 5.24. The van der Waals surface area contributed by atoms with Crippen LogP contribution >= 0.6 is 11.6 Å². The van der Waals surface area contributed by atoms with E-state index in [1.54, 1.807) is 6.07 Å². The van der Waals surface area contributed by atoms with Gasteiger partial charge in [-0.2, -0.15) is 0 Å². The average molecular weight is 278 g/mol. The maximum absolute atomic E-state index is 11.2. The zero-order valence-corrected chi connectivity index (χ0v) is 11.9. The summed E-state index contributed by atoms with van der Waals surface area (Å²) in [4.78, 5) is 11.2. The molecule has 3 nitrogen and oxygen atoms in total. The first-order valence-corrected chi connectivity index (χ1v) is 6.50. The monoisotopic (exact) mass is 277 g/mol. The summed E-state index contributed by atoms with van der Waals surface area (Å²) >= 11 is 6.14. The fraction of sp³-hybridized carbons (Fsp3) is 0.267. The Labute approximate surface area is 117 Å². The molecule has 19 heavy (non-hydrogen) atoms. The van der Waals surface area contributed by atoms with Gasteiger partial charge in [0.1, 0.15) is 5.69 Å². The van der Waals surface area contributed by atoms with Crippen LogP contribution in [0.1, 0.15) is 35.9 Å². The third kappa shape index (κ3) is 2.51. The van der Waals surface area contributed by atoms with Gasteiger partial charge in [0.2, 0.25) is 0 Å². The van der Waals surface area contributed by atoms with Gasteiger partial charge in [-0.05, 0) is 50.1 Å². The lowest BCUT2D eigenvalue weighted by Crippen LogP contribution is -2.11. The summed E-state index contributed by atoms with van der Waals surface area (Å²) in [7, 11) is 0. The molecule has 1 heterocycles. The minimum Gasteiger partial charge on any atom is -0.477 e. The largest absolute Gasteiger partial charge is 0.477 e. The molecular formula is C15H16ClNO2. The molecule has 1 aromatic heterocycles. The summed E-state index contributed by atoms with van der Waals surface area (Å²) in [5, 5.41) is 9.91. The average Bonchev–Trinajstić information content (AvgIpc) is 2.77. The Morgan fingerprint density at radius 2 is 1.95 bits per heavy atom. The molecule has 0 unspecified atom stereocenters. The molecule has 0 bridgehead atoms. The van der Waals surface area contributed by atoms with Crippen molar-refractivity contribution in [1.29, 1.82) is 0 Å². The van der Waals surface area contributed by atoms with Crippen molar-refractivity contribution in [2.75, 3.05) is 0 Å². The van der Waals surface area contributed by atoms with Crippen LogP contribution < -0.4 is 0 Å². The van der Waals surface area contributed by atoms with Gasteiger partial charge in [-0.1, -0.05) is 23.7 Å². The summed E-state index contributed by atoms with van der Waals surface area (Å²) in [6.45, 7) is 5.87. The van der Waals surface area contributed by atoms with Crippen LogP contribution in [0.25, 0.3) is 11.3 Å². The van der Waals surface area contributed by atoms with Gasteiger partial charge in [0.05, 0.1) is 0 Å². The van der Waals surface area contributed by atoms with E-state index in [0.717, 1.165) is 16.8 Å². The summed E-state index contributed by atoms with van der Waals surface area (Å²) in [5.41, 5.74) is 3.10. The number of carbonyl (C=O) groups is 1. The van der Waals surface area contributed by atoms with Gasteiger partial charge in [0, 0.05) is 16.8 Å². The normalized spacial score (nSPS) is 11.0. The molecule has 1 N–H and O–H groups in total. The third-order valence-corrected chi connectivity index (χ3v) is 3.53. The number of aromatic nitrogens is 1. The maximum atomic E-state index is 11.2. The van der Waals surface area contributed by atoms with Crippen LogP contribution in [0.4, 0.5) is 0 Å². The minimum absolute atomic E-state index is 0.0659. The number of rotatable bonds is 3. The van der Waals surface area contributed by atoms with Crippen LogP contribution in [0.3, 0.4) is 0 Å². The van der Waals surface area contributed by atoms with E-state index in [1.807, 2.05) is 49.6 Å². The number of hydrogen-bond acceptors (Lipinski definition) is 1. The van der Waals surface area contributed by atoms with Crippen LogP contribution in [0, 0.1) is 6.92 Å². The zero-order chi connectivity index (χ0) is 14.2. The van der Waals surface area contributed by atoms with E-state index in [0.29, 0.717) is 10.7 Å². The smallest absolute Gasteiger partial charge is 0.352 e. The van der Waals surface area contributed by atoms with Crippen LogP contribution in [0.5, 0.6) is 0 Å². The van der Waals surface area contributed by atoms with Crippen molar-refractivity contribution < 1.29 is 9.90 Å². The van der Waals surface area contributed by atoms with Gasteiger partial charge in [-0.3, -0.25) is 0 Å². The van der Waals surface area contributed by atoms with Crippen molar-refractivity contribution in [3.8, 4) is 11.3 Å². The topological polar surface area (TPSA) is 42.2 Å². The Morgan fingerprint density at radius 3 is 2.47 bits per heavy atom. The van der Waals surface area contributed by atoms with Crippen molar-refractivity contribution >= 4 is 17.6 Å². The van der Waals surface area contributed by atoms with Crippen LogP contribution in [0.15, 0.2) is 30.3 Å². The minimum atomic E-state index is -0.918. The standard InChI is InChI=1S/C15H16ClNO2/c1-9(2)17-13(6-7-14(17)15(18)19)11-5-4-10(3)12(16)8-11/h4-9H,1-3H3,(H,18,19). The summed E-state index contributed by atoms with van der Waals surface area (Å²) in [6, 6.07) is 9.29. The number of aromatic carboxylic acids is 1. The van der Waals surface area contributed by atoms with E-state index in [4.69, 9.17) is 11.6 Å². The first kappa shape index (κ1) is 13.7. The number of aryl methyl sites for hydroxylation is 1. The number of carboxylic acid groups (broad SMARTS) is 1. The Kier molecular flexibility index (Phi) is 3.67. The first-order valence-electron chi connectivity index (χ1n) is 6.13. The quantitative estimate of drug-likeness (QED) is 0.904. The fourth-order valence-corrected chi connectivity index (χ4v) is 2.35. The van der Waals surface area contributed by atoms with Crippen LogP contribution in [0.2, 0.25) is 5.02 Å². The molecule has 0 amide bonds. The van der Waals surface area contributed by atoms with Crippen molar-refractivity contribution in [1.82, 2.24) is 4.57 Å². The van der Waals surface area contributed by atoms with Crippen molar-refractivity contribution in [2.24, 2.45) is 0 Å². The summed E-state index contributed by atoms with van der Waals surface area (Å²) in [6.07, 6.45) is 0. The lowest BCUT2D eigenvalue weighted by molar-refractivity contribution is 0.0683. The van der Waals surface area contributed by atoms with Gasteiger partial charge in [0.15, 0.2) is 0 Å². The number of benzene rings is 1. The molecule has 0 aliphatic heterocycles. The molecule has 2 aromatic rings. The fourth-order valence-electron chi connectivity index (χ4n) is 2.17. The Hall–Kier alpha value is -1.74. The predicted molar refractivity (Wildman–Crippen MR) is 77.0 cm³/mol. The van der Waals surface area contributed by atoms with Gasteiger partial charge in [-0.15, -0.1) is 0 Å². The molecule has 0 aliphatic carbocycles. The van der Waals surface area contributed by atoms with Crippen molar-refractivity contribution in [3.05, 3.63) is 46.6 Å². The predicted octanol–water partition coefficient (Wildman–Crippen LogP) is 4.40. The molecule has 0 spiro atoms. The summed E-state index contributed by atoms with van der Waals surface area (Å²) in [5.74, 6) is -0.918. The molecule has 1 aromatic carbocycles. The van der Waals surface area contributed by atoms with Crippen LogP contribution in [-0.2, 0) is 0 Å². The molecule has 0 atom stereocenters. The molecule has 100 valence electrons. The zero-order valence-electron chi connectivity index (χ0n) is 11.1. The van der Waals surface area contributed by atoms with Gasteiger partial charge in [0.25, 0.3) is 0 Å². The Bertz CT molecular complexity index is 629. The second-order valence-electron chi connectivity index (χ2n) is 4.84. The highest BCUT2D eigenvalue weighted by atomic mass is 35.5. The lowest BCUT2D eigenvalue weighted by atomic mass is 10.1. The highest BCUT2D eigenvalue weighted by Gasteiger charge is 2.17. The van der Waals surface area contributed by atoms with E-state index in [-0.39, 0.29) is 6.04 Å². The summed E-state index contributed by atoms with van der Waals surface area (Å²) < 4.78 is 1.81. The van der Waals surface area contributed by atoms with Crippen LogP contribution in [-0.4, -0.2) is 15.6 Å². The number of nitrogens with zero attached hydrogens (tertiary/aromatic N) is 1.